The Morgan fingerprint density at radius 2 is 1.76 bits per heavy atom. The first-order chi connectivity index (χ1) is 10.1. The van der Waals surface area contributed by atoms with E-state index in [1.165, 1.54) is 31.4 Å². The van der Waals surface area contributed by atoms with Gasteiger partial charge in [0.15, 0.2) is 0 Å². The molecule has 112 valence electrons. The number of nitrogens with zero attached hydrogens (tertiary/aromatic N) is 1. The van der Waals surface area contributed by atoms with Crippen LogP contribution in [0.4, 0.5) is 14.7 Å². The van der Waals surface area contributed by atoms with Crippen LogP contribution < -0.4 is 5.73 Å². The number of halogens is 2. The number of nitrogen functional groups attached to an aromatic ring is 1. The minimum atomic E-state index is -0.630. The lowest BCUT2D eigenvalue weighted by molar-refractivity contribution is 0.345. The molecule has 1 aliphatic rings. The number of hydrogen-bond donors (Lipinski definition) is 1. The maximum Gasteiger partial charge on any atom is 0.230 e. The summed E-state index contributed by atoms with van der Waals surface area (Å²) >= 11 is 0. The molecule has 1 heterocycles. The molecule has 2 aromatic rings. The Balaban J connectivity index is 1.92. The highest BCUT2D eigenvalue weighted by Crippen LogP contribution is 2.34. The lowest BCUT2D eigenvalue weighted by Crippen LogP contribution is -2.10. The molecule has 1 aromatic carbocycles. The minimum Gasteiger partial charge on any atom is -0.367 e. The van der Waals surface area contributed by atoms with E-state index in [1.807, 2.05) is 0 Å². The van der Waals surface area contributed by atoms with E-state index in [0.717, 1.165) is 25.3 Å². The number of aromatic nitrogens is 1. The SMILES string of the molecule is Nc1onc(CC2CCCCC2)c1-c1cc(F)cc(F)c1. The van der Waals surface area contributed by atoms with Gasteiger partial charge in [-0.25, -0.2) is 8.78 Å². The number of hydrogen-bond acceptors (Lipinski definition) is 3. The zero-order chi connectivity index (χ0) is 14.8. The fourth-order valence-electron chi connectivity index (χ4n) is 3.15. The molecule has 21 heavy (non-hydrogen) atoms. The third-order valence-corrected chi connectivity index (χ3v) is 4.15. The summed E-state index contributed by atoms with van der Waals surface area (Å²) in [5, 5.41) is 4.00. The van der Waals surface area contributed by atoms with Crippen LogP contribution in [0.1, 0.15) is 37.8 Å². The summed E-state index contributed by atoms with van der Waals surface area (Å²) in [4.78, 5) is 0. The number of rotatable bonds is 3. The molecule has 0 spiro atoms. The van der Waals surface area contributed by atoms with Crippen molar-refractivity contribution in [3.05, 3.63) is 35.5 Å². The third kappa shape index (κ3) is 3.06. The van der Waals surface area contributed by atoms with Gasteiger partial charge in [0.25, 0.3) is 0 Å². The van der Waals surface area contributed by atoms with Crippen LogP contribution in [0.3, 0.4) is 0 Å². The van der Waals surface area contributed by atoms with Crippen molar-refractivity contribution in [2.24, 2.45) is 5.92 Å². The molecule has 1 saturated carbocycles. The molecule has 5 heteroatoms. The fourth-order valence-corrected chi connectivity index (χ4v) is 3.15. The van der Waals surface area contributed by atoms with Crippen molar-refractivity contribution in [2.45, 2.75) is 38.5 Å². The van der Waals surface area contributed by atoms with E-state index in [0.29, 0.717) is 22.7 Å². The van der Waals surface area contributed by atoms with E-state index in [9.17, 15) is 8.78 Å². The second kappa shape index (κ2) is 5.84. The van der Waals surface area contributed by atoms with Gasteiger partial charge in [-0.2, -0.15) is 0 Å². The Morgan fingerprint density at radius 1 is 1.10 bits per heavy atom. The lowest BCUT2D eigenvalue weighted by atomic mass is 9.85. The van der Waals surface area contributed by atoms with Gasteiger partial charge in [-0.3, -0.25) is 0 Å². The molecule has 0 amide bonds. The predicted molar refractivity (Wildman–Crippen MR) is 76.5 cm³/mol. The quantitative estimate of drug-likeness (QED) is 0.916. The summed E-state index contributed by atoms with van der Waals surface area (Å²) < 4.78 is 31.9. The van der Waals surface area contributed by atoms with Crippen LogP contribution in [0.15, 0.2) is 22.7 Å². The predicted octanol–water partition coefficient (Wildman–Crippen LogP) is 4.32. The smallest absolute Gasteiger partial charge is 0.230 e. The average Bonchev–Trinajstić information content (AvgIpc) is 2.80. The normalized spacial score (nSPS) is 16.3. The van der Waals surface area contributed by atoms with Crippen molar-refractivity contribution in [2.75, 3.05) is 5.73 Å². The van der Waals surface area contributed by atoms with Crippen molar-refractivity contribution in [3.8, 4) is 11.1 Å². The first-order valence-corrected chi connectivity index (χ1v) is 7.34. The molecule has 1 aromatic heterocycles. The number of benzene rings is 1. The molecule has 0 unspecified atom stereocenters. The summed E-state index contributed by atoms with van der Waals surface area (Å²) in [6.45, 7) is 0. The molecule has 3 nitrogen and oxygen atoms in total. The Kier molecular flexibility index (Phi) is 3.90. The van der Waals surface area contributed by atoms with E-state index in [4.69, 9.17) is 10.3 Å². The standard InChI is InChI=1S/C16H18F2N2O/c17-12-7-11(8-13(18)9-12)15-14(20-21-16(15)19)6-10-4-2-1-3-5-10/h7-10H,1-6,19H2. The zero-order valence-corrected chi connectivity index (χ0v) is 11.7. The van der Waals surface area contributed by atoms with E-state index in [2.05, 4.69) is 5.16 Å². The maximum absolute atomic E-state index is 13.4. The number of nitrogens with two attached hydrogens (primary N) is 1. The van der Waals surface area contributed by atoms with Gasteiger partial charge >= 0.3 is 0 Å². The van der Waals surface area contributed by atoms with Gasteiger partial charge in [-0.15, -0.1) is 0 Å². The van der Waals surface area contributed by atoms with Crippen LogP contribution in [0.2, 0.25) is 0 Å². The highest BCUT2D eigenvalue weighted by molar-refractivity contribution is 5.75. The first kappa shape index (κ1) is 14.0. The molecular weight excluding hydrogens is 274 g/mol. The van der Waals surface area contributed by atoms with Crippen LogP contribution in [0.25, 0.3) is 11.1 Å². The van der Waals surface area contributed by atoms with Gasteiger partial charge in [-0.05, 0) is 30.0 Å². The second-order valence-corrected chi connectivity index (χ2v) is 5.73. The highest BCUT2D eigenvalue weighted by Gasteiger charge is 2.22. The summed E-state index contributed by atoms with van der Waals surface area (Å²) in [5.41, 5.74) is 7.42. The molecule has 0 bridgehead atoms. The molecule has 0 saturated heterocycles. The van der Waals surface area contributed by atoms with E-state index < -0.39 is 11.6 Å². The Bertz CT molecular complexity index is 613. The molecule has 1 aliphatic carbocycles. The zero-order valence-electron chi connectivity index (χ0n) is 11.7. The maximum atomic E-state index is 13.4. The van der Waals surface area contributed by atoms with Crippen molar-refractivity contribution in [3.63, 3.8) is 0 Å². The average molecular weight is 292 g/mol. The van der Waals surface area contributed by atoms with E-state index >= 15 is 0 Å². The van der Waals surface area contributed by atoms with Crippen molar-refractivity contribution in [1.82, 2.24) is 5.16 Å². The van der Waals surface area contributed by atoms with E-state index in [1.54, 1.807) is 0 Å². The molecule has 0 aliphatic heterocycles. The molecule has 0 atom stereocenters. The Hall–Kier alpha value is -1.91. The van der Waals surface area contributed by atoms with Crippen molar-refractivity contribution < 1.29 is 13.3 Å². The van der Waals surface area contributed by atoms with Gasteiger partial charge < -0.3 is 10.3 Å². The highest BCUT2D eigenvalue weighted by atomic mass is 19.1. The molecule has 2 N–H and O–H groups in total. The van der Waals surface area contributed by atoms with Crippen LogP contribution in [0, 0.1) is 17.6 Å². The summed E-state index contributed by atoms with van der Waals surface area (Å²) in [7, 11) is 0. The van der Waals surface area contributed by atoms with Crippen LogP contribution in [-0.2, 0) is 6.42 Å². The van der Waals surface area contributed by atoms with Gasteiger partial charge in [0.05, 0.1) is 11.3 Å². The van der Waals surface area contributed by atoms with Crippen LogP contribution >= 0.6 is 0 Å². The van der Waals surface area contributed by atoms with Crippen LogP contribution in [0.5, 0.6) is 0 Å². The van der Waals surface area contributed by atoms with Gasteiger partial charge in [0.2, 0.25) is 5.88 Å². The molecule has 0 radical (unpaired) electrons. The monoisotopic (exact) mass is 292 g/mol. The molecule has 1 fully saturated rings. The molecular formula is C16H18F2N2O. The largest absolute Gasteiger partial charge is 0.367 e. The fraction of sp³-hybridized carbons (Fsp3) is 0.438. The summed E-state index contributed by atoms with van der Waals surface area (Å²) in [6, 6.07) is 3.36. The molecule has 3 rings (SSSR count). The Morgan fingerprint density at radius 3 is 2.43 bits per heavy atom. The van der Waals surface area contributed by atoms with Gasteiger partial charge in [-0.1, -0.05) is 37.3 Å². The first-order valence-electron chi connectivity index (χ1n) is 7.34. The van der Waals surface area contributed by atoms with Crippen LogP contribution in [-0.4, -0.2) is 5.16 Å². The lowest BCUT2D eigenvalue weighted by Gasteiger charge is -2.20. The van der Waals surface area contributed by atoms with Crippen molar-refractivity contribution in [1.29, 1.82) is 0 Å². The topological polar surface area (TPSA) is 52.0 Å². The Labute approximate surface area is 122 Å². The van der Waals surface area contributed by atoms with Crippen molar-refractivity contribution >= 4 is 5.88 Å². The summed E-state index contributed by atoms with van der Waals surface area (Å²) in [6.07, 6.45) is 6.78. The summed E-state index contributed by atoms with van der Waals surface area (Å²) in [5.74, 6) is -0.602. The third-order valence-electron chi connectivity index (χ3n) is 4.15. The minimum absolute atomic E-state index is 0.116. The van der Waals surface area contributed by atoms with E-state index in [-0.39, 0.29) is 5.88 Å². The second-order valence-electron chi connectivity index (χ2n) is 5.73. The van der Waals surface area contributed by atoms with Gasteiger partial charge in [0.1, 0.15) is 11.6 Å². The number of anilines is 1. The van der Waals surface area contributed by atoms with Gasteiger partial charge in [0, 0.05) is 6.07 Å².